The topological polar surface area (TPSA) is 76.5 Å². The average molecular weight is 269 g/mol. The van der Waals surface area contributed by atoms with Gasteiger partial charge in [0.15, 0.2) is 0 Å². The lowest BCUT2D eigenvalue weighted by Gasteiger charge is -2.24. The predicted octanol–water partition coefficient (Wildman–Crippen LogP) is 1.70. The SMILES string of the molecule is COc1cc(OC)nc(NCC(C)(C)CCCO)n1. The molecule has 0 amide bonds. The maximum Gasteiger partial charge on any atom is 0.229 e. The Labute approximate surface area is 114 Å². The molecule has 1 aromatic heterocycles. The van der Waals surface area contributed by atoms with E-state index in [1.54, 1.807) is 20.3 Å². The molecule has 1 rings (SSSR count). The first-order chi connectivity index (χ1) is 9.00. The average Bonchev–Trinajstić information content (AvgIpc) is 2.42. The first-order valence-electron chi connectivity index (χ1n) is 6.32. The molecule has 6 nitrogen and oxygen atoms in total. The molecule has 0 aromatic carbocycles. The van der Waals surface area contributed by atoms with Gasteiger partial charge in [0.2, 0.25) is 17.7 Å². The molecule has 0 unspecified atom stereocenters. The van der Waals surface area contributed by atoms with Gasteiger partial charge in [0.1, 0.15) is 0 Å². The molecule has 0 atom stereocenters. The lowest BCUT2D eigenvalue weighted by molar-refractivity contribution is 0.247. The number of rotatable bonds is 8. The van der Waals surface area contributed by atoms with E-state index in [4.69, 9.17) is 14.6 Å². The zero-order chi connectivity index (χ0) is 14.3. The van der Waals surface area contributed by atoms with Gasteiger partial charge in [-0.1, -0.05) is 13.8 Å². The van der Waals surface area contributed by atoms with Crippen molar-refractivity contribution in [3.8, 4) is 11.8 Å². The standard InChI is InChI=1S/C13H23N3O3/c1-13(2,6-5-7-17)9-14-12-15-10(18-3)8-11(16-12)19-4/h8,17H,5-7,9H2,1-4H3,(H,14,15,16). The number of aromatic nitrogens is 2. The molecule has 19 heavy (non-hydrogen) atoms. The van der Waals surface area contributed by atoms with Gasteiger partial charge in [-0.2, -0.15) is 9.97 Å². The van der Waals surface area contributed by atoms with Crippen LogP contribution in [0, 0.1) is 5.41 Å². The number of hydrogen-bond acceptors (Lipinski definition) is 6. The Bertz CT molecular complexity index is 374. The highest BCUT2D eigenvalue weighted by molar-refractivity contribution is 5.33. The number of anilines is 1. The zero-order valence-corrected chi connectivity index (χ0v) is 12.1. The molecule has 1 aromatic rings. The van der Waals surface area contributed by atoms with Crippen molar-refractivity contribution >= 4 is 5.95 Å². The number of nitrogens with zero attached hydrogens (tertiary/aromatic N) is 2. The predicted molar refractivity (Wildman–Crippen MR) is 73.7 cm³/mol. The molecular formula is C13H23N3O3. The summed E-state index contributed by atoms with van der Waals surface area (Å²) in [5.74, 6) is 1.40. The molecule has 0 aliphatic carbocycles. The lowest BCUT2D eigenvalue weighted by atomic mass is 9.88. The largest absolute Gasteiger partial charge is 0.481 e. The first kappa shape index (κ1) is 15.5. The van der Waals surface area contributed by atoms with Crippen LogP contribution in [0.1, 0.15) is 26.7 Å². The van der Waals surface area contributed by atoms with Crippen molar-refractivity contribution in [2.75, 3.05) is 32.7 Å². The van der Waals surface area contributed by atoms with Crippen LogP contribution in [0.25, 0.3) is 0 Å². The molecule has 0 saturated heterocycles. The van der Waals surface area contributed by atoms with Gasteiger partial charge in [0, 0.05) is 13.2 Å². The summed E-state index contributed by atoms with van der Waals surface area (Å²) in [5, 5.41) is 12.1. The van der Waals surface area contributed by atoms with Gasteiger partial charge < -0.3 is 19.9 Å². The zero-order valence-electron chi connectivity index (χ0n) is 12.1. The Balaban J connectivity index is 2.66. The highest BCUT2D eigenvalue weighted by Crippen LogP contribution is 2.23. The van der Waals surface area contributed by atoms with E-state index in [-0.39, 0.29) is 12.0 Å². The van der Waals surface area contributed by atoms with E-state index in [1.807, 2.05) is 0 Å². The van der Waals surface area contributed by atoms with Crippen molar-refractivity contribution in [2.24, 2.45) is 5.41 Å². The molecule has 0 aliphatic rings. The molecule has 0 fully saturated rings. The van der Waals surface area contributed by atoms with Crippen LogP contribution in [0.2, 0.25) is 0 Å². The molecular weight excluding hydrogens is 246 g/mol. The van der Waals surface area contributed by atoms with Crippen LogP contribution < -0.4 is 14.8 Å². The van der Waals surface area contributed by atoms with Crippen molar-refractivity contribution in [3.63, 3.8) is 0 Å². The van der Waals surface area contributed by atoms with E-state index in [1.165, 1.54) is 0 Å². The maximum atomic E-state index is 8.87. The molecule has 1 heterocycles. The molecule has 0 saturated carbocycles. The summed E-state index contributed by atoms with van der Waals surface area (Å²) in [5.41, 5.74) is 0.0579. The fourth-order valence-corrected chi connectivity index (χ4v) is 1.66. The molecule has 108 valence electrons. The van der Waals surface area contributed by atoms with Crippen LogP contribution in [0.4, 0.5) is 5.95 Å². The van der Waals surface area contributed by atoms with Crippen molar-refractivity contribution in [2.45, 2.75) is 26.7 Å². The molecule has 0 bridgehead atoms. The Kier molecular flexibility index (Phi) is 5.82. The summed E-state index contributed by atoms with van der Waals surface area (Å²) in [6, 6.07) is 1.63. The molecule has 0 aliphatic heterocycles. The fraction of sp³-hybridized carbons (Fsp3) is 0.692. The summed E-state index contributed by atoms with van der Waals surface area (Å²) in [6.07, 6.45) is 1.72. The minimum atomic E-state index is 0.0579. The van der Waals surface area contributed by atoms with Crippen LogP contribution >= 0.6 is 0 Å². The second kappa shape index (κ2) is 7.13. The van der Waals surface area contributed by atoms with Crippen LogP contribution in [0.3, 0.4) is 0 Å². The van der Waals surface area contributed by atoms with E-state index in [0.717, 1.165) is 12.8 Å². The van der Waals surface area contributed by atoms with Gasteiger partial charge in [0.25, 0.3) is 0 Å². The number of hydrogen-bond donors (Lipinski definition) is 2. The van der Waals surface area contributed by atoms with Crippen molar-refractivity contribution in [1.29, 1.82) is 0 Å². The highest BCUT2D eigenvalue weighted by atomic mass is 16.5. The molecule has 0 radical (unpaired) electrons. The van der Waals surface area contributed by atoms with Gasteiger partial charge in [-0.15, -0.1) is 0 Å². The van der Waals surface area contributed by atoms with E-state index >= 15 is 0 Å². The van der Waals surface area contributed by atoms with Crippen LogP contribution in [0.15, 0.2) is 6.07 Å². The Morgan fingerprint density at radius 2 is 1.79 bits per heavy atom. The number of aliphatic hydroxyl groups is 1. The molecule has 6 heteroatoms. The fourth-order valence-electron chi connectivity index (χ4n) is 1.66. The van der Waals surface area contributed by atoms with Gasteiger partial charge >= 0.3 is 0 Å². The number of ether oxygens (including phenoxy) is 2. The van der Waals surface area contributed by atoms with Gasteiger partial charge in [-0.05, 0) is 18.3 Å². The third-order valence-electron chi connectivity index (χ3n) is 2.83. The quantitative estimate of drug-likeness (QED) is 0.748. The Morgan fingerprint density at radius 3 is 2.26 bits per heavy atom. The minimum absolute atomic E-state index is 0.0579. The maximum absolute atomic E-state index is 8.87. The number of aliphatic hydroxyl groups excluding tert-OH is 1. The summed E-state index contributed by atoms with van der Waals surface area (Å²) < 4.78 is 10.2. The monoisotopic (exact) mass is 269 g/mol. The summed E-state index contributed by atoms with van der Waals surface area (Å²) in [4.78, 5) is 8.42. The first-order valence-corrected chi connectivity index (χ1v) is 6.32. The van der Waals surface area contributed by atoms with Crippen molar-refractivity contribution in [1.82, 2.24) is 9.97 Å². The van der Waals surface area contributed by atoms with E-state index in [2.05, 4.69) is 29.1 Å². The molecule has 0 spiro atoms. The van der Waals surface area contributed by atoms with E-state index in [0.29, 0.717) is 24.3 Å². The smallest absolute Gasteiger partial charge is 0.229 e. The lowest BCUT2D eigenvalue weighted by Crippen LogP contribution is -2.24. The Morgan fingerprint density at radius 1 is 1.21 bits per heavy atom. The van der Waals surface area contributed by atoms with E-state index < -0.39 is 0 Å². The molecule has 2 N–H and O–H groups in total. The van der Waals surface area contributed by atoms with Gasteiger partial charge in [-0.3, -0.25) is 0 Å². The summed E-state index contributed by atoms with van der Waals surface area (Å²) in [6.45, 7) is 5.19. The number of methoxy groups -OCH3 is 2. The van der Waals surface area contributed by atoms with Crippen LogP contribution in [-0.2, 0) is 0 Å². The Hall–Kier alpha value is -1.56. The van der Waals surface area contributed by atoms with Crippen molar-refractivity contribution in [3.05, 3.63) is 6.07 Å². The van der Waals surface area contributed by atoms with E-state index in [9.17, 15) is 0 Å². The van der Waals surface area contributed by atoms with Crippen molar-refractivity contribution < 1.29 is 14.6 Å². The van der Waals surface area contributed by atoms with Crippen LogP contribution in [0.5, 0.6) is 11.8 Å². The highest BCUT2D eigenvalue weighted by Gasteiger charge is 2.18. The minimum Gasteiger partial charge on any atom is -0.481 e. The number of nitrogens with one attached hydrogen (secondary N) is 1. The second-order valence-electron chi connectivity index (χ2n) is 5.12. The van der Waals surface area contributed by atoms with Gasteiger partial charge in [0.05, 0.1) is 20.3 Å². The second-order valence-corrected chi connectivity index (χ2v) is 5.12. The normalized spacial score (nSPS) is 11.2. The third kappa shape index (κ3) is 5.30. The van der Waals surface area contributed by atoms with Crippen LogP contribution in [-0.4, -0.2) is 42.4 Å². The third-order valence-corrected chi connectivity index (χ3v) is 2.83. The summed E-state index contributed by atoms with van der Waals surface area (Å²) in [7, 11) is 3.10. The van der Waals surface area contributed by atoms with Gasteiger partial charge in [-0.25, -0.2) is 0 Å². The summed E-state index contributed by atoms with van der Waals surface area (Å²) >= 11 is 0.